The van der Waals surface area contributed by atoms with Gasteiger partial charge in [0.25, 0.3) is 0 Å². The molecule has 0 bridgehead atoms. The number of likely N-dealkylation sites (N-methyl/N-ethyl adjacent to an activating group) is 1. The summed E-state index contributed by atoms with van der Waals surface area (Å²) in [6.45, 7) is 2.50. The molecule has 0 radical (unpaired) electrons. The fraction of sp³-hybridized carbons (Fsp3) is 0.579. The lowest BCUT2D eigenvalue weighted by atomic mass is 10.0. The predicted octanol–water partition coefficient (Wildman–Crippen LogP) is 3.05. The number of para-hydroxylation sites is 1. The molecule has 1 aromatic rings. The molecular weight excluding hydrogens is 288 g/mol. The lowest BCUT2D eigenvalue weighted by Gasteiger charge is -2.25. The van der Waals surface area contributed by atoms with E-state index in [0.717, 1.165) is 17.7 Å². The summed E-state index contributed by atoms with van der Waals surface area (Å²) < 4.78 is 0. The third-order valence-corrected chi connectivity index (χ3v) is 5.14. The van der Waals surface area contributed by atoms with E-state index in [4.69, 9.17) is 0 Å². The largest absolute Gasteiger partial charge is 0.355 e. The highest BCUT2D eigenvalue weighted by molar-refractivity contribution is 6.03. The van der Waals surface area contributed by atoms with Gasteiger partial charge in [-0.15, -0.1) is 0 Å². The van der Waals surface area contributed by atoms with E-state index in [1.165, 1.54) is 25.7 Å². The zero-order valence-corrected chi connectivity index (χ0v) is 13.9. The highest BCUT2D eigenvalue weighted by Gasteiger charge is 2.37. The van der Waals surface area contributed by atoms with Crippen LogP contribution < -0.4 is 10.2 Å². The molecule has 1 N–H and O–H groups in total. The number of nitrogens with one attached hydrogen (secondary N) is 1. The minimum atomic E-state index is -0.386. The van der Waals surface area contributed by atoms with Crippen LogP contribution in [0, 0.1) is 5.92 Å². The van der Waals surface area contributed by atoms with E-state index in [-0.39, 0.29) is 17.9 Å². The minimum absolute atomic E-state index is 0.0436. The van der Waals surface area contributed by atoms with E-state index in [9.17, 15) is 9.59 Å². The molecule has 0 aromatic heterocycles. The molecule has 2 amide bonds. The Morgan fingerprint density at radius 2 is 1.96 bits per heavy atom. The molecule has 1 aromatic carbocycles. The summed E-state index contributed by atoms with van der Waals surface area (Å²) in [7, 11) is 0. The summed E-state index contributed by atoms with van der Waals surface area (Å²) in [5.74, 6) is 0.746. The summed E-state index contributed by atoms with van der Waals surface area (Å²) in [5, 5.41) is 2.87. The van der Waals surface area contributed by atoms with Crippen LogP contribution in [0.1, 0.15) is 51.0 Å². The third kappa shape index (κ3) is 3.41. The molecule has 1 aliphatic carbocycles. The van der Waals surface area contributed by atoms with Crippen LogP contribution in [0.5, 0.6) is 0 Å². The Bertz CT molecular complexity index is 578. The van der Waals surface area contributed by atoms with Gasteiger partial charge in [-0.1, -0.05) is 43.9 Å². The van der Waals surface area contributed by atoms with Crippen LogP contribution in [0.15, 0.2) is 24.3 Å². The lowest BCUT2D eigenvalue weighted by molar-refractivity contribution is -0.126. The van der Waals surface area contributed by atoms with Crippen molar-refractivity contribution in [2.45, 2.75) is 57.9 Å². The number of fused-ring (bicyclic) bond motifs is 1. The van der Waals surface area contributed by atoms with Gasteiger partial charge in [0, 0.05) is 25.1 Å². The Hall–Kier alpha value is -1.84. The molecule has 0 saturated heterocycles. The van der Waals surface area contributed by atoms with Crippen molar-refractivity contribution in [3.05, 3.63) is 29.8 Å². The standard InChI is InChI=1S/C19H26N2O2/c1-2-20-19(23)17-13-15-9-5-6-10-16(15)21(17)18(22)12-11-14-7-3-4-8-14/h5-6,9-10,14,17H,2-4,7-8,11-13H2,1H3,(H,20,23)/t17-/m1/s1. The SMILES string of the molecule is CCNC(=O)[C@H]1Cc2ccccc2N1C(=O)CCC1CCCC1. The van der Waals surface area contributed by atoms with Gasteiger partial charge in [0.05, 0.1) is 0 Å². The van der Waals surface area contributed by atoms with Gasteiger partial charge in [0.1, 0.15) is 6.04 Å². The number of amides is 2. The van der Waals surface area contributed by atoms with Gasteiger partial charge in [-0.2, -0.15) is 0 Å². The molecule has 1 heterocycles. The first-order valence-electron chi connectivity index (χ1n) is 8.88. The summed E-state index contributed by atoms with van der Waals surface area (Å²) in [4.78, 5) is 27.0. The van der Waals surface area contributed by atoms with E-state index in [0.29, 0.717) is 25.3 Å². The first-order valence-corrected chi connectivity index (χ1v) is 8.88. The number of benzene rings is 1. The Morgan fingerprint density at radius 3 is 2.70 bits per heavy atom. The molecule has 124 valence electrons. The smallest absolute Gasteiger partial charge is 0.243 e. The van der Waals surface area contributed by atoms with Crippen molar-refractivity contribution in [3.8, 4) is 0 Å². The van der Waals surface area contributed by atoms with Gasteiger partial charge < -0.3 is 5.32 Å². The van der Waals surface area contributed by atoms with Crippen molar-refractivity contribution in [1.82, 2.24) is 5.32 Å². The van der Waals surface area contributed by atoms with Crippen molar-refractivity contribution < 1.29 is 9.59 Å². The molecule has 1 atom stereocenters. The molecular formula is C19H26N2O2. The molecule has 1 aliphatic heterocycles. The number of rotatable bonds is 5. The summed E-state index contributed by atoms with van der Waals surface area (Å²) in [6.07, 6.45) is 7.23. The molecule has 0 unspecified atom stereocenters. The first-order chi connectivity index (χ1) is 11.2. The molecule has 4 nitrogen and oxygen atoms in total. The second kappa shape index (κ2) is 7.16. The van der Waals surface area contributed by atoms with Crippen LogP contribution in [0.2, 0.25) is 0 Å². The quantitative estimate of drug-likeness (QED) is 0.908. The van der Waals surface area contributed by atoms with E-state index in [2.05, 4.69) is 5.32 Å². The number of nitrogens with zero attached hydrogens (tertiary/aromatic N) is 1. The average molecular weight is 314 g/mol. The second-order valence-corrected chi connectivity index (χ2v) is 6.70. The van der Waals surface area contributed by atoms with Gasteiger partial charge in [0.2, 0.25) is 11.8 Å². The predicted molar refractivity (Wildman–Crippen MR) is 91.3 cm³/mol. The maximum atomic E-state index is 12.8. The van der Waals surface area contributed by atoms with Crippen molar-refractivity contribution in [2.75, 3.05) is 11.4 Å². The number of carbonyl (C=O) groups excluding carboxylic acids is 2. The molecule has 1 fully saturated rings. The van der Waals surface area contributed by atoms with Gasteiger partial charge in [-0.25, -0.2) is 0 Å². The zero-order valence-electron chi connectivity index (χ0n) is 13.9. The molecule has 4 heteroatoms. The topological polar surface area (TPSA) is 49.4 Å². The van der Waals surface area contributed by atoms with Crippen molar-refractivity contribution in [1.29, 1.82) is 0 Å². The summed E-state index contributed by atoms with van der Waals surface area (Å²) in [6, 6.07) is 7.51. The summed E-state index contributed by atoms with van der Waals surface area (Å²) >= 11 is 0. The van der Waals surface area contributed by atoms with Crippen molar-refractivity contribution in [3.63, 3.8) is 0 Å². The van der Waals surface area contributed by atoms with Crippen LogP contribution >= 0.6 is 0 Å². The van der Waals surface area contributed by atoms with E-state index in [1.54, 1.807) is 4.90 Å². The van der Waals surface area contributed by atoms with Gasteiger partial charge in [-0.3, -0.25) is 14.5 Å². The molecule has 0 spiro atoms. The van der Waals surface area contributed by atoms with E-state index >= 15 is 0 Å². The van der Waals surface area contributed by atoms with Gasteiger partial charge in [0.15, 0.2) is 0 Å². The van der Waals surface area contributed by atoms with Gasteiger partial charge in [-0.05, 0) is 30.9 Å². The first kappa shape index (κ1) is 16.0. The molecule has 1 saturated carbocycles. The monoisotopic (exact) mass is 314 g/mol. The second-order valence-electron chi connectivity index (χ2n) is 6.70. The normalized spacial score (nSPS) is 20.6. The summed E-state index contributed by atoms with van der Waals surface area (Å²) in [5.41, 5.74) is 2.01. The number of hydrogen-bond acceptors (Lipinski definition) is 2. The third-order valence-electron chi connectivity index (χ3n) is 5.14. The average Bonchev–Trinajstić information content (AvgIpc) is 3.20. The van der Waals surface area contributed by atoms with Crippen molar-refractivity contribution >= 4 is 17.5 Å². The van der Waals surface area contributed by atoms with Crippen LogP contribution in [0.25, 0.3) is 0 Å². The van der Waals surface area contributed by atoms with Gasteiger partial charge >= 0.3 is 0 Å². The van der Waals surface area contributed by atoms with Crippen LogP contribution in [0.3, 0.4) is 0 Å². The zero-order chi connectivity index (χ0) is 16.2. The maximum absolute atomic E-state index is 12.8. The number of anilines is 1. The fourth-order valence-electron chi connectivity index (χ4n) is 3.94. The van der Waals surface area contributed by atoms with Crippen LogP contribution in [0.4, 0.5) is 5.69 Å². The highest BCUT2D eigenvalue weighted by Crippen LogP contribution is 2.34. The Morgan fingerprint density at radius 1 is 1.22 bits per heavy atom. The fourth-order valence-corrected chi connectivity index (χ4v) is 3.94. The number of carbonyl (C=O) groups is 2. The molecule has 3 rings (SSSR count). The highest BCUT2D eigenvalue weighted by atomic mass is 16.2. The lowest BCUT2D eigenvalue weighted by Crippen LogP contribution is -2.48. The van der Waals surface area contributed by atoms with E-state index < -0.39 is 0 Å². The minimum Gasteiger partial charge on any atom is -0.355 e. The molecule has 23 heavy (non-hydrogen) atoms. The Kier molecular flexibility index (Phi) is 4.99. The Labute approximate surface area is 138 Å². The van der Waals surface area contributed by atoms with Crippen LogP contribution in [-0.4, -0.2) is 24.4 Å². The maximum Gasteiger partial charge on any atom is 0.243 e. The number of hydrogen-bond donors (Lipinski definition) is 1. The van der Waals surface area contributed by atoms with Crippen LogP contribution in [-0.2, 0) is 16.0 Å². The van der Waals surface area contributed by atoms with E-state index in [1.807, 2.05) is 31.2 Å². The Balaban J connectivity index is 1.74. The van der Waals surface area contributed by atoms with Crippen molar-refractivity contribution in [2.24, 2.45) is 5.92 Å². The molecule has 2 aliphatic rings.